The second-order valence-electron chi connectivity index (χ2n) is 4.07. The molecule has 0 saturated heterocycles. The molecule has 0 aliphatic rings. The Kier molecular flexibility index (Phi) is 4.40. The Hall–Kier alpha value is -1.16. The smallest absolute Gasteiger partial charge is 0.138 e. The van der Waals surface area contributed by atoms with Crippen molar-refractivity contribution in [2.24, 2.45) is 0 Å². The zero-order chi connectivity index (χ0) is 14.0. The molecule has 0 aliphatic carbocycles. The van der Waals surface area contributed by atoms with Gasteiger partial charge in [0.2, 0.25) is 0 Å². The van der Waals surface area contributed by atoms with Crippen LogP contribution in [0.25, 0.3) is 0 Å². The zero-order valence-corrected chi connectivity index (χ0v) is 12.1. The Labute approximate surface area is 121 Å². The van der Waals surface area contributed by atoms with Crippen molar-refractivity contribution in [1.82, 2.24) is 0 Å². The number of benzene rings is 1. The van der Waals surface area contributed by atoms with Gasteiger partial charge in [-0.05, 0) is 18.2 Å². The molecule has 0 saturated carbocycles. The zero-order valence-electron chi connectivity index (χ0n) is 10.6. The molecule has 0 bridgehead atoms. The van der Waals surface area contributed by atoms with E-state index in [1.54, 1.807) is 18.2 Å². The summed E-state index contributed by atoms with van der Waals surface area (Å²) in [5.74, 6) is 1.72. The number of aliphatic hydroxyl groups is 1. The molecule has 2 rings (SSSR count). The van der Waals surface area contributed by atoms with Crippen molar-refractivity contribution in [1.29, 1.82) is 0 Å². The minimum atomic E-state index is -0.948. The second kappa shape index (κ2) is 5.87. The van der Waals surface area contributed by atoms with E-state index in [1.165, 1.54) is 7.11 Å². The van der Waals surface area contributed by atoms with Crippen LogP contribution < -0.4 is 4.74 Å². The van der Waals surface area contributed by atoms with E-state index in [0.29, 0.717) is 27.1 Å². The number of hydrogen-bond donors (Lipinski definition) is 1. The highest BCUT2D eigenvalue weighted by Gasteiger charge is 2.19. The fraction of sp³-hybridized carbons (Fsp3) is 0.286. The van der Waals surface area contributed by atoms with Gasteiger partial charge in [-0.15, -0.1) is 0 Å². The molecule has 1 aromatic heterocycles. The van der Waals surface area contributed by atoms with E-state index in [1.807, 2.05) is 13.0 Å². The lowest BCUT2D eigenvalue weighted by molar-refractivity contribution is 0.187. The van der Waals surface area contributed by atoms with E-state index in [4.69, 9.17) is 32.4 Å². The standard InChI is InChI=1S/C14H14Cl2O3/c1-3-8-4-5-12(19-8)14(17)9-6-11(16)13(18-2)7-10(9)15/h4-7,14,17H,3H2,1-2H3. The van der Waals surface area contributed by atoms with Gasteiger partial charge in [-0.3, -0.25) is 0 Å². The molecule has 1 heterocycles. The van der Waals surface area contributed by atoms with Gasteiger partial charge in [-0.1, -0.05) is 30.1 Å². The van der Waals surface area contributed by atoms with Crippen molar-refractivity contribution in [2.75, 3.05) is 7.11 Å². The van der Waals surface area contributed by atoms with Crippen LogP contribution in [0.5, 0.6) is 5.75 Å². The van der Waals surface area contributed by atoms with Crippen LogP contribution in [0, 0.1) is 0 Å². The van der Waals surface area contributed by atoms with Crippen molar-refractivity contribution in [3.05, 3.63) is 51.4 Å². The summed E-state index contributed by atoms with van der Waals surface area (Å²) in [6.07, 6.45) is -0.180. The Morgan fingerprint density at radius 2 is 2.00 bits per heavy atom. The molecule has 19 heavy (non-hydrogen) atoms. The fourth-order valence-electron chi connectivity index (χ4n) is 1.79. The van der Waals surface area contributed by atoms with Crippen LogP contribution in [0.3, 0.4) is 0 Å². The molecule has 1 unspecified atom stereocenters. The molecular weight excluding hydrogens is 287 g/mol. The van der Waals surface area contributed by atoms with Gasteiger partial charge in [-0.25, -0.2) is 0 Å². The molecule has 0 amide bonds. The van der Waals surface area contributed by atoms with Gasteiger partial charge in [0.1, 0.15) is 23.4 Å². The number of aliphatic hydroxyl groups excluding tert-OH is 1. The summed E-state index contributed by atoms with van der Waals surface area (Å²) in [5.41, 5.74) is 0.490. The second-order valence-corrected chi connectivity index (χ2v) is 4.88. The third kappa shape index (κ3) is 2.89. The minimum Gasteiger partial charge on any atom is -0.495 e. The average molecular weight is 301 g/mol. The summed E-state index contributed by atoms with van der Waals surface area (Å²) in [5, 5.41) is 11.1. The highest BCUT2D eigenvalue weighted by molar-refractivity contribution is 6.34. The molecule has 2 aromatic rings. The van der Waals surface area contributed by atoms with Crippen molar-refractivity contribution < 1.29 is 14.3 Å². The van der Waals surface area contributed by atoms with Crippen LogP contribution in [0.15, 0.2) is 28.7 Å². The number of hydrogen-bond acceptors (Lipinski definition) is 3. The van der Waals surface area contributed by atoms with Crippen LogP contribution in [-0.4, -0.2) is 12.2 Å². The van der Waals surface area contributed by atoms with Gasteiger partial charge < -0.3 is 14.3 Å². The number of ether oxygens (including phenoxy) is 1. The lowest BCUT2D eigenvalue weighted by Gasteiger charge is -2.13. The molecule has 0 spiro atoms. The first-order chi connectivity index (χ1) is 9.06. The number of aryl methyl sites for hydroxylation is 1. The summed E-state index contributed by atoms with van der Waals surface area (Å²) >= 11 is 12.2. The molecule has 102 valence electrons. The maximum absolute atomic E-state index is 10.3. The highest BCUT2D eigenvalue weighted by atomic mass is 35.5. The molecule has 5 heteroatoms. The lowest BCUT2D eigenvalue weighted by Crippen LogP contribution is -2.00. The molecule has 1 atom stereocenters. The van der Waals surface area contributed by atoms with Crippen LogP contribution in [0.2, 0.25) is 10.0 Å². The summed E-state index contributed by atoms with van der Waals surface area (Å²) < 4.78 is 10.6. The van der Waals surface area contributed by atoms with E-state index >= 15 is 0 Å². The van der Waals surface area contributed by atoms with E-state index in [0.717, 1.165) is 12.2 Å². The SMILES string of the molecule is CCc1ccc(C(O)c2cc(Cl)c(OC)cc2Cl)o1. The van der Waals surface area contributed by atoms with E-state index < -0.39 is 6.10 Å². The molecule has 1 N–H and O–H groups in total. The molecule has 0 fully saturated rings. The van der Waals surface area contributed by atoms with Crippen LogP contribution >= 0.6 is 23.2 Å². The van der Waals surface area contributed by atoms with E-state index in [2.05, 4.69) is 0 Å². The summed E-state index contributed by atoms with van der Waals surface area (Å²) in [6.45, 7) is 1.98. The van der Waals surface area contributed by atoms with Gasteiger partial charge in [0.15, 0.2) is 0 Å². The fourth-order valence-corrected chi connectivity index (χ4v) is 2.30. The van der Waals surface area contributed by atoms with Crippen molar-refractivity contribution in [3.8, 4) is 5.75 Å². The maximum Gasteiger partial charge on any atom is 0.138 e. The van der Waals surface area contributed by atoms with Crippen LogP contribution in [0.1, 0.15) is 30.1 Å². The molecule has 1 aromatic carbocycles. The maximum atomic E-state index is 10.3. The van der Waals surface area contributed by atoms with E-state index in [-0.39, 0.29) is 0 Å². The van der Waals surface area contributed by atoms with Gasteiger partial charge >= 0.3 is 0 Å². The minimum absolute atomic E-state index is 0.378. The first kappa shape index (κ1) is 14.3. The normalized spacial score (nSPS) is 12.5. The first-order valence-corrected chi connectivity index (χ1v) is 6.62. The number of halogens is 2. The molecular formula is C14H14Cl2O3. The van der Waals surface area contributed by atoms with Gasteiger partial charge in [0.05, 0.1) is 17.2 Å². The molecule has 0 radical (unpaired) electrons. The average Bonchev–Trinajstić information content (AvgIpc) is 2.89. The summed E-state index contributed by atoms with van der Waals surface area (Å²) in [4.78, 5) is 0. The van der Waals surface area contributed by atoms with Crippen molar-refractivity contribution >= 4 is 23.2 Å². The van der Waals surface area contributed by atoms with Gasteiger partial charge in [0, 0.05) is 18.1 Å². The lowest BCUT2D eigenvalue weighted by atomic mass is 10.1. The van der Waals surface area contributed by atoms with Gasteiger partial charge in [-0.2, -0.15) is 0 Å². The van der Waals surface area contributed by atoms with Crippen molar-refractivity contribution in [2.45, 2.75) is 19.4 Å². The number of furan rings is 1. The Bertz CT molecular complexity index is 578. The quantitative estimate of drug-likeness (QED) is 0.918. The Morgan fingerprint density at radius 1 is 1.26 bits per heavy atom. The predicted octanol–water partition coefficient (Wildman–Crippen LogP) is 4.24. The number of methoxy groups -OCH3 is 1. The third-order valence-electron chi connectivity index (χ3n) is 2.87. The molecule has 3 nitrogen and oxygen atoms in total. The molecule has 0 aliphatic heterocycles. The third-order valence-corrected chi connectivity index (χ3v) is 3.49. The summed E-state index contributed by atoms with van der Waals surface area (Å²) in [6, 6.07) is 6.73. The van der Waals surface area contributed by atoms with Crippen molar-refractivity contribution in [3.63, 3.8) is 0 Å². The first-order valence-electron chi connectivity index (χ1n) is 5.86. The Morgan fingerprint density at radius 3 is 2.58 bits per heavy atom. The van der Waals surface area contributed by atoms with Crippen LogP contribution in [-0.2, 0) is 6.42 Å². The summed E-state index contributed by atoms with van der Waals surface area (Å²) in [7, 11) is 1.51. The largest absolute Gasteiger partial charge is 0.495 e. The highest BCUT2D eigenvalue weighted by Crippen LogP contribution is 2.36. The van der Waals surface area contributed by atoms with E-state index in [9.17, 15) is 5.11 Å². The van der Waals surface area contributed by atoms with Gasteiger partial charge in [0.25, 0.3) is 0 Å². The topological polar surface area (TPSA) is 42.6 Å². The monoisotopic (exact) mass is 300 g/mol. The van der Waals surface area contributed by atoms with Crippen LogP contribution in [0.4, 0.5) is 0 Å². The Balaban J connectivity index is 2.38. The predicted molar refractivity (Wildman–Crippen MR) is 75.2 cm³/mol. The number of rotatable bonds is 4.